The van der Waals surface area contributed by atoms with Gasteiger partial charge in [0.1, 0.15) is 11.6 Å². The van der Waals surface area contributed by atoms with E-state index in [0.717, 1.165) is 36.2 Å². The van der Waals surface area contributed by atoms with Crippen molar-refractivity contribution in [2.45, 2.75) is 65.7 Å². The average molecular weight is 291 g/mol. The topological polar surface area (TPSA) is 47.0 Å². The van der Waals surface area contributed by atoms with E-state index < -0.39 is 0 Å². The number of nitrogens with one attached hydrogen (secondary N) is 1. The molecule has 1 aliphatic carbocycles. The minimum atomic E-state index is 0.306. The van der Waals surface area contributed by atoms with Crippen molar-refractivity contribution in [1.29, 1.82) is 0 Å². The molecule has 2 rings (SSSR count). The van der Waals surface area contributed by atoms with Gasteiger partial charge in [-0.1, -0.05) is 33.1 Å². The number of rotatable bonds is 6. The third-order valence-electron chi connectivity index (χ3n) is 4.16. The van der Waals surface area contributed by atoms with E-state index in [1.807, 2.05) is 6.92 Å². The standard InChI is InChI=1S/C17H29N3O/c1-5-18-16-13(4)17(20-15(19-16)12(2)3)21-11-14-9-7-6-8-10-14/h12,14H,5-11H2,1-4H3,(H,18,19,20). The molecule has 0 aromatic carbocycles. The van der Waals surface area contributed by atoms with Crippen molar-refractivity contribution in [2.75, 3.05) is 18.5 Å². The monoisotopic (exact) mass is 291 g/mol. The molecule has 0 aliphatic heterocycles. The average Bonchev–Trinajstić information content (AvgIpc) is 2.49. The quantitative estimate of drug-likeness (QED) is 0.849. The molecule has 1 heterocycles. The molecular weight excluding hydrogens is 262 g/mol. The Morgan fingerprint density at radius 1 is 1.19 bits per heavy atom. The lowest BCUT2D eigenvalue weighted by Gasteiger charge is -2.22. The maximum Gasteiger partial charge on any atom is 0.221 e. The van der Waals surface area contributed by atoms with Crippen LogP contribution in [0.3, 0.4) is 0 Å². The second-order valence-corrected chi connectivity index (χ2v) is 6.36. The molecule has 1 aliphatic rings. The van der Waals surface area contributed by atoms with Crippen molar-refractivity contribution in [3.05, 3.63) is 11.4 Å². The highest BCUT2D eigenvalue weighted by Gasteiger charge is 2.17. The van der Waals surface area contributed by atoms with Crippen LogP contribution in [0, 0.1) is 12.8 Å². The number of anilines is 1. The van der Waals surface area contributed by atoms with Crippen LogP contribution < -0.4 is 10.1 Å². The number of nitrogens with zero attached hydrogens (tertiary/aromatic N) is 2. The van der Waals surface area contributed by atoms with Crippen LogP contribution >= 0.6 is 0 Å². The highest BCUT2D eigenvalue weighted by atomic mass is 16.5. The number of aromatic nitrogens is 2. The van der Waals surface area contributed by atoms with Gasteiger partial charge in [-0.2, -0.15) is 4.98 Å². The predicted octanol–water partition coefficient (Wildman–Crippen LogP) is 4.30. The van der Waals surface area contributed by atoms with Gasteiger partial charge in [0, 0.05) is 12.5 Å². The lowest BCUT2D eigenvalue weighted by molar-refractivity contribution is 0.201. The Morgan fingerprint density at radius 2 is 1.90 bits per heavy atom. The molecule has 4 nitrogen and oxygen atoms in total. The molecule has 0 spiro atoms. The third-order valence-corrected chi connectivity index (χ3v) is 4.16. The second kappa shape index (κ2) is 7.62. The molecule has 0 amide bonds. The Labute approximate surface area is 128 Å². The van der Waals surface area contributed by atoms with Crippen LogP contribution in [0.15, 0.2) is 0 Å². The van der Waals surface area contributed by atoms with Gasteiger partial charge < -0.3 is 10.1 Å². The zero-order valence-electron chi connectivity index (χ0n) is 13.9. The van der Waals surface area contributed by atoms with Crippen LogP contribution in [0.1, 0.15) is 70.2 Å². The molecule has 4 heteroatoms. The van der Waals surface area contributed by atoms with Crippen LogP contribution in [0.25, 0.3) is 0 Å². The van der Waals surface area contributed by atoms with Gasteiger partial charge in [-0.15, -0.1) is 0 Å². The highest BCUT2D eigenvalue weighted by molar-refractivity contribution is 5.48. The molecule has 1 fully saturated rings. The van der Waals surface area contributed by atoms with E-state index >= 15 is 0 Å². The van der Waals surface area contributed by atoms with Gasteiger partial charge in [0.15, 0.2) is 0 Å². The summed E-state index contributed by atoms with van der Waals surface area (Å²) >= 11 is 0. The molecule has 0 atom stereocenters. The van der Waals surface area contributed by atoms with E-state index in [1.54, 1.807) is 0 Å². The summed E-state index contributed by atoms with van der Waals surface area (Å²) < 4.78 is 6.06. The normalized spacial score (nSPS) is 16.2. The molecule has 1 saturated carbocycles. The van der Waals surface area contributed by atoms with E-state index in [-0.39, 0.29) is 0 Å². The maximum absolute atomic E-state index is 6.06. The Bertz CT molecular complexity index is 454. The molecule has 21 heavy (non-hydrogen) atoms. The predicted molar refractivity (Wildman–Crippen MR) is 87.1 cm³/mol. The molecule has 1 N–H and O–H groups in total. The van der Waals surface area contributed by atoms with Crippen molar-refractivity contribution in [3.63, 3.8) is 0 Å². The second-order valence-electron chi connectivity index (χ2n) is 6.36. The minimum Gasteiger partial charge on any atom is -0.477 e. The molecule has 118 valence electrons. The third kappa shape index (κ3) is 4.32. The fourth-order valence-electron chi connectivity index (χ4n) is 2.80. The molecule has 1 aromatic heterocycles. The first-order valence-electron chi connectivity index (χ1n) is 8.37. The van der Waals surface area contributed by atoms with Crippen molar-refractivity contribution < 1.29 is 4.74 Å². The molecular formula is C17H29N3O. The minimum absolute atomic E-state index is 0.306. The largest absolute Gasteiger partial charge is 0.477 e. The summed E-state index contributed by atoms with van der Waals surface area (Å²) in [5.74, 6) is 3.53. The number of hydrogen-bond donors (Lipinski definition) is 1. The van der Waals surface area contributed by atoms with Gasteiger partial charge >= 0.3 is 0 Å². The maximum atomic E-state index is 6.06. The smallest absolute Gasteiger partial charge is 0.221 e. The molecule has 0 unspecified atom stereocenters. The summed E-state index contributed by atoms with van der Waals surface area (Å²) in [6, 6.07) is 0. The van der Waals surface area contributed by atoms with E-state index in [1.165, 1.54) is 32.1 Å². The summed E-state index contributed by atoms with van der Waals surface area (Å²) in [5, 5.41) is 3.32. The molecule has 0 radical (unpaired) electrons. The van der Waals surface area contributed by atoms with E-state index in [9.17, 15) is 0 Å². The van der Waals surface area contributed by atoms with E-state index in [2.05, 4.69) is 36.1 Å². The van der Waals surface area contributed by atoms with Crippen LogP contribution in [0.4, 0.5) is 5.82 Å². The summed E-state index contributed by atoms with van der Waals surface area (Å²) in [6.07, 6.45) is 6.65. The van der Waals surface area contributed by atoms with Gasteiger partial charge in [-0.3, -0.25) is 0 Å². The SMILES string of the molecule is CCNc1nc(C(C)C)nc(OCC2CCCCC2)c1C. The highest BCUT2D eigenvalue weighted by Crippen LogP contribution is 2.28. The Hall–Kier alpha value is -1.32. The Morgan fingerprint density at radius 3 is 2.52 bits per heavy atom. The van der Waals surface area contributed by atoms with Gasteiger partial charge in [-0.25, -0.2) is 4.98 Å². The van der Waals surface area contributed by atoms with Gasteiger partial charge in [0.05, 0.1) is 12.2 Å². The fraction of sp³-hybridized carbons (Fsp3) is 0.765. The summed E-state index contributed by atoms with van der Waals surface area (Å²) in [6.45, 7) is 10.0. The zero-order chi connectivity index (χ0) is 15.2. The Kier molecular flexibility index (Phi) is 5.83. The number of hydrogen-bond acceptors (Lipinski definition) is 4. The first-order valence-corrected chi connectivity index (χ1v) is 8.37. The zero-order valence-corrected chi connectivity index (χ0v) is 13.9. The van der Waals surface area contributed by atoms with Crippen LogP contribution in [0.2, 0.25) is 0 Å². The molecule has 0 saturated heterocycles. The van der Waals surface area contributed by atoms with Gasteiger partial charge in [-0.05, 0) is 32.6 Å². The van der Waals surface area contributed by atoms with Crippen molar-refractivity contribution in [3.8, 4) is 5.88 Å². The van der Waals surface area contributed by atoms with E-state index in [4.69, 9.17) is 4.74 Å². The molecule has 1 aromatic rings. The molecule has 0 bridgehead atoms. The van der Waals surface area contributed by atoms with Crippen molar-refractivity contribution in [1.82, 2.24) is 9.97 Å². The van der Waals surface area contributed by atoms with Crippen molar-refractivity contribution in [2.24, 2.45) is 5.92 Å². The van der Waals surface area contributed by atoms with Crippen LogP contribution in [0.5, 0.6) is 5.88 Å². The van der Waals surface area contributed by atoms with Crippen LogP contribution in [-0.4, -0.2) is 23.1 Å². The lowest BCUT2D eigenvalue weighted by atomic mass is 9.90. The lowest BCUT2D eigenvalue weighted by Crippen LogP contribution is -2.17. The number of ether oxygens (including phenoxy) is 1. The first kappa shape index (κ1) is 16.1. The fourth-order valence-corrected chi connectivity index (χ4v) is 2.80. The summed E-state index contributed by atoms with van der Waals surface area (Å²) in [4.78, 5) is 9.24. The first-order chi connectivity index (χ1) is 10.1. The van der Waals surface area contributed by atoms with Crippen molar-refractivity contribution >= 4 is 5.82 Å². The van der Waals surface area contributed by atoms with Gasteiger partial charge in [0.2, 0.25) is 5.88 Å². The van der Waals surface area contributed by atoms with E-state index in [0.29, 0.717) is 11.8 Å². The summed E-state index contributed by atoms with van der Waals surface area (Å²) in [7, 11) is 0. The van der Waals surface area contributed by atoms with Gasteiger partial charge in [0.25, 0.3) is 0 Å². The summed E-state index contributed by atoms with van der Waals surface area (Å²) in [5.41, 5.74) is 1.03. The van der Waals surface area contributed by atoms with Crippen LogP contribution in [-0.2, 0) is 0 Å². The Balaban J connectivity index is 2.12.